The summed E-state index contributed by atoms with van der Waals surface area (Å²) >= 11 is 0. The summed E-state index contributed by atoms with van der Waals surface area (Å²) in [5.74, 6) is -0.255. The fourth-order valence-electron chi connectivity index (χ4n) is 2.28. The Morgan fingerprint density at radius 1 is 1.42 bits per heavy atom. The zero-order valence-electron chi connectivity index (χ0n) is 11.1. The van der Waals surface area contributed by atoms with Gasteiger partial charge in [-0.05, 0) is 25.5 Å². The Morgan fingerprint density at radius 2 is 2.11 bits per heavy atom. The van der Waals surface area contributed by atoms with Gasteiger partial charge in [0.1, 0.15) is 0 Å². The first-order valence-corrected chi connectivity index (χ1v) is 6.12. The average Bonchev–Trinajstić information content (AvgIpc) is 2.64. The summed E-state index contributed by atoms with van der Waals surface area (Å²) < 4.78 is 4.93. The molecule has 0 aliphatic rings. The van der Waals surface area contributed by atoms with Crippen LogP contribution in [0.4, 0.5) is 0 Å². The van der Waals surface area contributed by atoms with Crippen molar-refractivity contribution in [1.29, 1.82) is 0 Å². The van der Waals surface area contributed by atoms with E-state index in [1.807, 2.05) is 31.2 Å². The maximum Gasteiger partial charge on any atom is 0.307 e. The number of ether oxygens (including phenoxy) is 1. The molecule has 3 N–H and O–H groups in total. The Kier molecular flexibility index (Phi) is 5.39. The monoisotopic (exact) mass is 282 g/mol. The molecule has 0 fully saturated rings. The molecule has 0 unspecified atom stereocenters. The summed E-state index contributed by atoms with van der Waals surface area (Å²) in [4.78, 5) is 14.8. The van der Waals surface area contributed by atoms with Crippen LogP contribution < -0.4 is 5.73 Å². The molecule has 0 saturated carbocycles. The molecule has 2 aromatic rings. The predicted molar refractivity (Wildman–Crippen MR) is 78.5 cm³/mol. The Morgan fingerprint density at radius 3 is 2.79 bits per heavy atom. The number of aromatic nitrogens is 1. The molecular weight excluding hydrogens is 264 g/mol. The molecule has 1 aromatic heterocycles. The fourth-order valence-corrected chi connectivity index (χ4v) is 2.28. The van der Waals surface area contributed by atoms with E-state index >= 15 is 0 Å². The second-order valence-electron chi connectivity index (χ2n) is 4.32. The summed E-state index contributed by atoms with van der Waals surface area (Å²) in [7, 11) is 0. The highest BCUT2D eigenvalue weighted by Crippen LogP contribution is 2.28. The lowest BCUT2D eigenvalue weighted by Gasteiger charge is -2.11. The van der Waals surface area contributed by atoms with Crippen LogP contribution in [-0.2, 0) is 9.53 Å². The van der Waals surface area contributed by atoms with E-state index in [2.05, 4.69) is 4.98 Å². The molecule has 0 saturated heterocycles. The van der Waals surface area contributed by atoms with E-state index in [0.29, 0.717) is 6.61 Å². The molecule has 0 bridgehead atoms. The van der Waals surface area contributed by atoms with Crippen molar-refractivity contribution < 1.29 is 9.53 Å². The quantitative estimate of drug-likeness (QED) is 0.847. The molecule has 4 nitrogen and oxygen atoms in total. The molecule has 0 spiro atoms. The van der Waals surface area contributed by atoms with Crippen molar-refractivity contribution in [3.05, 3.63) is 35.5 Å². The van der Waals surface area contributed by atoms with E-state index in [-0.39, 0.29) is 30.8 Å². The molecule has 1 aromatic carbocycles. The highest BCUT2D eigenvalue weighted by atomic mass is 35.5. The van der Waals surface area contributed by atoms with E-state index in [0.717, 1.165) is 22.2 Å². The van der Waals surface area contributed by atoms with Crippen molar-refractivity contribution in [2.24, 2.45) is 5.73 Å². The SMILES string of the molecule is CCOC(=O)C[C@@H](N)c1c(C)[nH]c2ccccc12.Cl. The lowest BCUT2D eigenvalue weighted by Crippen LogP contribution is -2.17. The number of benzene rings is 1. The maximum absolute atomic E-state index is 11.5. The van der Waals surface area contributed by atoms with Crippen LogP contribution in [-0.4, -0.2) is 17.6 Å². The van der Waals surface area contributed by atoms with Crippen molar-refractivity contribution in [2.45, 2.75) is 26.3 Å². The van der Waals surface area contributed by atoms with Gasteiger partial charge in [0.25, 0.3) is 0 Å². The molecule has 19 heavy (non-hydrogen) atoms. The topological polar surface area (TPSA) is 68.1 Å². The number of nitrogens with two attached hydrogens (primary N) is 1. The number of carbonyl (C=O) groups excluding carboxylic acids is 1. The van der Waals surface area contributed by atoms with Crippen molar-refractivity contribution in [3.8, 4) is 0 Å². The number of halogens is 1. The summed E-state index contributed by atoms with van der Waals surface area (Å²) in [6.45, 7) is 4.15. The average molecular weight is 283 g/mol. The number of aryl methyl sites for hydroxylation is 1. The van der Waals surface area contributed by atoms with E-state index in [4.69, 9.17) is 10.5 Å². The molecule has 104 valence electrons. The lowest BCUT2D eigenvalue weighted by molar-refractivity contribution is -0.143. The lowest BCUT2D eigenvalue weighted by atomic mass is 10.0. The van der Waals surface area contributed by atoms with Crippen LogP contribution in [0.5, 0.6) is 0 Å². The molecule has 0 aliphatic heterocycles. The Labute approximate surface area is 118 Å². The number of para-hydroxylation sites is 1. The number of hydrogen-bond acceptors (Lipinski definition) is 3. The van der Waals surface area contributed by atoms with Crippen LogP contribution in [0.25, 0.3) is 10.9 Å². The minimum atomic E-state index is -0.333. The van der Waals surface area contributed by atoms with Crippen LogP contribution in [0.1, 0.15) is 30.6 Å². The van der Waals surface area contributed by atoms with Gasteiger partial charge in [0.05, 0.1) is 13.0 Å². The van der Waals surface area contributed by atoms with Crippen LogP contribution in [0.15, 0.2) is 24.3 Å². The van der Waals surface area contributed by atoms with Gasteiger partial charge in [0.15, 0.2) is 0 Å². The standard InChI is InChI=1S/C14H18N2O2.ClH/c1-3-18-13(17)8-11(15)14-9(2)16-12-7-5-4-6-10(12)14;/h4-7,11,16H,3,8,15H2,1-2H3;1H/t11-;/m1./s1. The summed E-state index contributed by atoms with van der Waals surface area (Å²) in [6, 6.07) is 7.62. The van der Waals surface area contributed by atoms with Gasteiger partial charge < -0.3 is 15.5 Å². The van der Waals surface area contributed by atoms with E-state index < -0.39 is 0 Å². The van der Waals surface area contributed by atoms with Crippen LogP contribution in [0.2, 0.25) is 0 Å². The summed E-state index contributed by atoms with van der Waals surface area (Å²) in [6.07, 6.45) is 0.205. The molecule has 2 rings (SSSR count). The number of aromatic amines is 1. The zero-order valence-corrected chi connectivity index (χ0v) is 11.9. The van der Waals surface area contributed by atoms with Gasteiger partial charge in [0, 0.05) is 22.6 Å². The van der Waals surface area contributed by atoms with Crippen molar-refractivity contribution in [1.82, 2.24) is 4.98 Å². The van der Waals surface area contributed by atoms with Gasteiger partial charge in [-0.2, -0.15) is 0 Å². The predicted octanol–water partition coefficient (Wildman–Crippen LogP) is 2.85. The summed E-state index contributed by atoms with van der Waals surface area (Å²) in [5, 5.41) is 1.08. The highest BCUT2D eigenvalue weighted by molar-refractivity contribution is 5.86. The first-order valence-electron chi connectivity index (χ1n) is 6.12. The van der Waals surface area contributed by atoms with Gasteiger partial charge in [-0.1, -0.05) is 18.2 Å². The molecular formula is C14H19ClN2O2. The largest absolute Gasteiger partial charge is 0.466 e. The van der Waals surface area contributed by atoms with Crippen molar-refractivity contribution >= 4 is 29.3 Å². The normalized spacial score (nSPS) is 11.9. The molecule has 5 heteroatoms. The fraction of sp³-hybridized carbons (Fsp3) is 0.357. The Balaban J connectivity index is 0.00000180. The number of nitrogens with one attached hydrogen (secondary N) is 1. The highest BCUT2D eigenvalue weighted by Gasteiger charge is 2.18. The Hall–Kier alpha value is -1.52. The van der Waals surface area contributed by atoms with Gasteiger partial charge >= 0.3 is 5.97 Å². The second kappa shape index (κ2) is 6.59. The van der Waals surface area contributed by atoms with Crippen LogP contribution in [0.3, 0.4) is 0 Å². The van der Waals surface area contributed by atoms with Crippen molar-refractivity contribution in [3.63, 3.8) is 0 Å². The van der Waals surface area contributed by atoms with E-state index in [1.54, 1.807) is 6.92 Å². The zero-order chi connectivity index (χ0) is 13.1. The van der Waals surface area contributed by atoms with Gasteiger partial charge in [-0.25, -0.2) is 0 Å². The molecule has 0 aliphatic carbocycles. The Bertz CT molecular complexity index is 566. The molecule has 0 radical (unpaired) electrons. The van der Waals surface area contributed by atoms with Gasteiger partial charge in [-0.3, -0.25) is 4.79 Å². The third-order valence-corrected chi connectivity index (χ3v) is 3.01. The molecule has 1 atom stereocenters. The van der Waals surface area contributed by atoms with Crippen molar-refractivity contribution in [2.75, 3.05) is 6.61 Å². The number of hydrogen-bond donors (Lipinski definition) is 2. The first kappa shape index (κ1) is 15.5. The van der Waals surface area contributed by atoms with Gasteiger partial charge in [-0.15, -0.1) is 12.4 Å². The van der Waals surface area contributed by atoms with E-state index in [9.17, 15) is 4.79 Å². The van der Waals surface area contributed by atoms with Crippen LogP contribution >= 0.6 is 12.4 Å². The third kappa shape index (κ3) is 3.28. The summed E-state index contributed by atoms with van der Waals surface area (Å²) in [5.41, 5.74) is 9.17. The molecule has 0 amide bonds. The minimum Gasteiger partial charge on any atom is -0.466 e. The maximum atomic E-state index is 11.5. The number of fused-ring (bicyclic) bond motifs is 1. The van der Waals surface area contributed by atoms with Crippen LogP contribution in [0, 0.1) is 6.92 Å². The number of rotatable bonds is 4. The first-order chi connectivity index (χ1) is 8.63. The number of H-pyrrole nitrogens is 1. The van der Waals surface area contributed by atoms with Gasteiger partial charge in [0.2, 0.25) is 0 Å². The number of carbonyl (C=O) groups is 1. The third-order valence-electron chi connectivity index (χ3n) is 3.01. The molecule has 1 heterocycles. The minimum absolute atomic E-state index is 0. The number of esters is 1. The second-order valence-corrected chi connectivity index (χ2v) is 4.32. The van der Waals surface area contributed by atoms with E-state index in [1.165, 1.54) is 0 Å². The smallest absolute Gasteiger partial charge is 0.307 e.